The second-order valence-corrected chi connectivity index (χ2v) is 7.96. The second-order valence-electron chi connectivity index (χ2n) is 5.02. The molecule has 0 aliphatic carbocycles. The molecule has 0 aromatic heterocycles. The molecule has 0 fully saturated rings. The lowest BCUT2D eigenvalue weighted by molar-refractivity contribution is -0.341. The lowest BCUT2D eigenvalue weighted by Gasteiger charge is -2.39. The molecule has 0 aromatic rings. The smallest absolute Gasteiger partial charge is 0.375 e. The van der Waals surface area contributed by atoms with Gasteiger partial charge in [-0.1, -0.05) is 0 Å². The summed E-state index contributed by atoms with van der Waals surface area (Å²) in [6.07, 6.45) is -18.5. The Hall–Kier alpha value is -0.743. The van der Waals surface area contributed by atoms with Crippen LogP contribution in [0.4, 0.5) is 52.7 Å². The molecule has 0 aromatic carbocycles. The molecule has 0 saturated carbocycles. The third-order valence-electron chi connectivity index (χ3n) is 3.49. The van der Waals surface area contributed by atoms with Gasteiger partial charge < -0.3 is 13.3 Å². The first kappa shape index (κ1) is 26.3. The highest BCUT2D eigenvalue weighted by molar-refractivity contribution is 6.62. The fourth-order valence-electron chi connectivity index (χ4n) is 1.84. The maximum Gasteiger partial charge on any atom is 0.543 e. The van der Waals surface area contributed by atoms with Crippen LogP contribution in [-0.4, -0.2) is 78.6 Å². The van der Waals surface area contributed by atoms with E-state index in [0.29, 0.717) is 21.3 Å². The van der Waals surface area contributed by atoms with Gasteiger partial charge in [-0.3, -0.25) is 0 Å². The Morgan fingerprint density at radius 1 is 0.630 bits per heavy atom. The fraction of sp³-hybridized carbons (Fsp3) is 1.00. The van der Waals surface area contributed by atoms with E-state index in [1.54, 1.807) is 0 Å². The number of alkyl halides is 12. The van der Waals surface area contributed by atoms with Crippen LogP contribution in [0.25, 0.3) is 0 Å². The van der Waals surface area contributed by atoms with E-state index in [0.717, 1.165) is 0 Å². The van der Waals surface area contributed by atoms with E-state index in [9.17, 15) is 52.7 Å². The van der Waals surface area contributed by atoms with Gasteiger partial charge in [0.15, 0.2) is 12.3 Å². The van der Waals surface area contributed by atoms with Crippen LogP contribution < -0.4 is 0 Å². The predicted molar refractivity (Wildman–Crippen MR) is 67.2 cm³/mol. The summed E-state index contributed by atoms with van der Waals surface area (Å²) in [4.78, 5) is 0. The molecular formula is C11H14F12O3Si. The monoisotopic (exact) mass is 450 g/mol. The molecule has 4 atom stereocenters. The minimum absolute atomic E-state index is 0.448. The predicted octanol–water partition coefficient (Wildman–Crippen LogP) is 3.93. The highest BCUT2D eigenvalue weighted by atomic mass is 28.4. The summed E-state index contributed by atoms with van der Waals surface area (Å²) in [5.41, 5.74) is 0. The first-order chi connectivity index (χ1) is 12.0. The summed E-state index contributed by atoms with van der Waals surface area (Å²) >= 11 is 0. The average molecular weight is 450 g/mol. The van der Waals surface area contributed by atoms with Gasteiger partial charge in [0.1, 0.15) is 0 Å². The summed E-state index contributed by atoms with van der Waals surface area (Å²) in [7, 11) is -4.04. The van der Waals surface area contributed by atoms with Gasteiger partial charge in [-0.25, -0.2) is 26.3 Å². The van der Waals surface area contributed by atoms with Crippen molar-refractivity contribution >= 4 is 8.80 Å². The summed E-state index contributed by atoms with van der Waals surface area (Å²) < 4.78 is 171. The lowest BCUT2D eigenvalue weighted by Crippen LogP contribution is -2.70. The van der Waals surface area contributed by atoms with Crippen LogP contribution in [0.3, 0.4) is 0 Å². The van der Waals surface area contributed by atoms with Crippen molar-refractivity contribution in [3.63, 3.8) is 0 Å². The number of halogens is 12. The molecule has 0 N–H and O–H groups in total. The third kappa shape index (κ3) is 4.32. The van der Waals surface area contributed by atoms with Gasteiger partial charge in [-0.15, -0.1) is 0 Å². The van der Waals surface area contributed by atoms with E-state index < -0.39 is 57.3 Å². The van der Waals surface area contributed by atoms with Crippen LogP contribution in [0, 0.1) is 0 Å². The molecule has 16 heteroatoms. The van der Waals surface area contributed by atoms with Crippen LogP contribution in [-0.2, 0) is 13.3 Å². The van der Waals surface area contributed by atoms with Gasteiger partial charge in [0.05, 0.1) is 0 Å². The van der Waals surface area contributed by atoms with Crippen molar-refractivity contribution < 1.29 is 66.0 Å². The SMILES string of the molecule is CO[Si](OC)(OC)C(F)C(F)(F)C(F)(F)C(F)(F)C(F)C(F)C(F)C(F)F. The average Bonchev–Trinajstić information content (AvgIpc) is 2.60. The van der Waals surface area contributed by atoms with Crippen LogP contribution in [0.5, 0.6) is 0 Å². The van der Waals surface area contributed by atoms with E-state index in [1.165, 1.54) is 0 Å². The van der Waals surface area contributed by atoms with Crippen molar-refractivity contribution in [3.05, 3.63) is 0 Å². The molecule has 0 heterocycles. The molecule has 0 amide bonds. The maximum absolute atomic E-state index is 14.0. The zero-order chi connectivity index (χ0) is 22.0. The van der Waals surface area contributed by atoms with Gasteiger partial charge in [0, 0.05) is 21.3 Å². The standard InChI is InChI=1S/C11H14F12O3Si/c1-24-27(25-2,26-3)8(17)10(20,21)11(22,23)9(18,19)6(14)4(12)5(13)7(15)16/h4-8H,1-3H3. The van der Waals surface area contributed by atoms with Gasteiger partial charge in [0.2, 0.25) is 12.0 Å². The molecule has 4 unspecified atom stereocenters. The summed E-state index contributed by atoms with van der Waals surface area (Å²) in [6, 6.07) is 0. The molecule has 0 aliphatic heterocycles. The minimum Gasteiger partial charge on any atom is -0.375 e. The van der Waals surface area contributed by atoms with Crippen molar-refractivity contribution in [2.75, 3.05) is 21.3 Å². The molecule has 0 radical (unpaired) electrons. The highest BCUT2D eigenvalue weighted by Crippen LogP contribution is 2.52. The zero-order valence-corrected chi connectivity index (χ0v) is 14.6. The quantitative estimate of drug-likeness (QED) is 0.353. The van der Waals surface area contributed by atoms with E-state index in [1.807, 2.05) is 0 Å². The van der Waals surface area contributed by atoms with Crippen LogP contribution in [0.1, 0.15) is 0 Å². The molecule has 0 saturated heterocycles. The third-order valence-corrected chi connectivity index (χ3v) is 6.18. The Morgan fingerprint density at radius 3 is 1.30 bits per heavy atom. The van der Waals surface area contributed by atoms with Gasteiger partial charge in [0.25, 0.3) is 6.43 Å². The number of hydrogen-bond acceptors (Lipinski definition) is 3. The molecular weight excluding hydrogens is 436 g/mol. The summed E-state index contributed by atoms with van der Waals surface area (Å²) in [5, 5.41) is 0. The Balaban J connectivity index is 6.04. The van der Waals surface area contributed by atoms with E-state index in [4.69, 9.17) is 0 Å². The molecule has 0 aliphatic rings. The Kier molecular flexibility index (Phi) is 8.49. The normalized spacial score (nSPS) is 19.1. The zero-order valence-electron chi connectivity index (χ0n) is 13.6. The number of rotatable bonds is 11. The first-order valence-corrected chi connectivity index (χ1v) is 8.45. The van der Waals surface area contributed by atoms with Gasteiger partial charge in [-0.05, 0) is 0 Å². The largest absolute Gasteiger partial charge is 0.543 e. The molecule has 0 rings (SSSR count). The summed E-state index contributed by atoms with van der Waals surface area (Å²) in [5.74, 6) is -24.8. The van der Waals surface area contributed by atoms with E-state index in [-0.39, 0.29) is 0 Å². The molecule has 0 spiro atoms. The van der Waals surface area contributed by atoms with Crippen molar-refractivity contribution in [3.8, 4) is 0 Å². The Morgan fingerprint density at radius 2 is 1.00 bits per heavy atom. The lowest BCUT2D eigenvalue weighted by atomic mass is 9.96. The Bertz CT molecular complexity index is 467. The van der Waals surface area contributed by atoms with Crippen molar-refractivity contribution in [1.29, 1.82) is 0 Å². The van der Waals surface area contributed by atoms with Crippen molar-refractivity contribution in [2.45, 2.75) is 48.5 Å². The summed E-state index contributed by atoms with van der Waals surface area (Å²) in [6.45, 7) is 0. The molecule has 164 valence electrons. The highest BCUT2D eigenvalue weighted by Gasteiger charge is 2.82. The Labute approximate surface area is 145 Å². The van der Waals surface area contributed by atoms with Crippen LogP contribution >= 0.6 is 0 Å². The second kappa shape index (κ2) is 8.73. The van der Waals surface area contributed by atoms with Crippen molar-refractivity contribution in [2.24, 2.45) is 0 Å². The first-order valence-electron chi connectivity index (χ1n) is 6.65. The fourth-order valence-corrected chi connectivity index (χ4v) is 3.58. The van der Waals surface area contributed by atoms with Crippen LogP contribution in [0.2, 0.25) is 0 Å². The molecule has 27 heavy (non-hydrogen) atoms. The topological polar surface area (TPSA) is 27.7 Å². The van der Waals surface area contributed by atoms with Gasteiger partial charge >= 0.3 is 26.6 Å². The van der Waals surface area contributed by atoms with Crippen molar-refractivity contribution in [1.82, 2.24) is 0 Å². The van der Waals surface area contributed by atoms with Gasteiger partial charge in [-0.2, -0.15) is 26.3 Å². The maximum atomic E-state index is 14.0. The van der Waals surface area contributed by atoms with Crippen LogP contribution in [0.15, 0.2) is 0 Å². The molecule has 0 bridgehead atoms. The number of hydrogen-bond donors (Lipinski definition) is 0. The minimum atomic E-state index is -7.03. The van der Waals surface area contributed by atoms with E-state index >= 15 is 0 Å². The molecule has 3 nitrogen and oxygen atoms in total. The van der Waals surface area contributed by atoms with E-state index in [2.05, 4.69) is 13.3 Å².